The molecular formula is C23H28FN2O2+. The molecule has 2 aromatic rings. The Hall–Kier alpha value is -2.40. The molecule has 4 rings (SSSR count). The summed E-state index contributed by atoms with van der Waals surface area (Å²) in [7, 11) is 1.47. The van der Waals surface area contributed by atoms with E-state index in [0.29, 0.717) is 0 Å². The van der Waals surface area contributed by atoms with E-state index in [9.17, 15) is 9.18 Å². The smallest absolute Gasteiger partial charge is 0.254 e. The number of methoxy groups -OCH3 is 1. The molecule has 148 valence electrons. The third kappa shape index (κ3) is 4.04. The molecule has 1 heterocycles. The van der Waals surface area contributed by atoms with Crippen LogP contribution >= 0.6 is 0 Å². The SMILES string of the molecule is COc1ccc(C[NH+]2CCN(C(=O)c3ccc4c(c3)CCCC4)CC2)cc1F. The van der Waals surface area contributed by atoms with Gasteiger partial charge in [-0.2, -0.15) is 0 Å². The summed E-state index contributed by atoms with van der Waals surface area (Å²) in [5.74, 6) is 0.0998. The maximum Gasteiger partial charge on any atom is 0.254 e. The van der Waals surface area contributed by atoms with E-state index in [4.69, 9.17) is 4.74 Å². The number of rotatable bonds is 4. The number of piperazine rings is 1. The number of nitrogens with one attached hydrogen (secondary N) is 1. The van der Waals surface area contributed by atoms with Crippen molar-refractivity contribution in [3.8, 4) is 5.75 Å². The molecule has 0 radical (unpaired) electrons. The fourth-order valence-electron chi connectivity index (χ4n) is 4.36. The standard InChI is InChI=1S/C23H27FN2O2/c1-28-22-9-6-17(14-21(22)24)16-25-10-12-26(13-11-25)23(27)20-8-7-18-4-2-3-5-19(18)15-20/h6-9,14-15H,2-5,10-13,16H2,1H3/p+1. The van der Waals surface area contributed by atoms with E-state index in [1.807, 2.05) is 17.0 Å². The first-order valence-electron chi connectivity index (χ1n) is 10.2. The van der Waals surface area contributed by atoms with Crippen LogP contribution in [-0.4, -0.2) is 44.1 Å². The summed E-state index contributed by atoms with van der Waals surface area (Å²) in [6.45, 7) is 4.00. The second-order valence-corrected chi connectivity index (χ2v) is 7.88. The van der Waals surface area contributed by atoms with Crippen molar-refractivity contribution in [3.05, 3.63) is 64.5 Å². The monoisotopic (exact) mass is 383 g/mol. The molecule has 4 nitrogen and oxygen atoms in total. The number of halogens is 1. The minimum Gasteiger partial charge on any atom is -0.494 e. The van der Waals surface area contributed by atoms with Gasteiger partial charge >= 0.3 is 0 Å². The summed E-state index contributed by atoms with van der Waals surface area (Å²) in [6.07, 6.45) is 4.70. The summed E-state index contributed by atoms with van der Waals surface area (Å²) in [5.41, 5.74) is 4.54. The van der Waals surface area contributed by atoms with Crippen LogP contribution < -0.4 is 9.64 Å². The Labute approximate surface area is 165 Å². The molecule has 0 bridgehead atoms. The van der Waals surface area contributed by atoms with Gasteiger partial charge in [-0.05, 0) is 67.1 Å². The topological polar surface area (TPSA) is 34.0 Å². The zero-order valence-corrected chi connectivity index (χ0v) is 16.5. The number of aryl methyl sites for hydroxylation is 2. The van der Waals surface area contributed by atoms with Gasteiger partial charge in [0.25, 0.3) is 5.91 Å². The van der Waals surface area contributed by atoms with Gasteiger partial charge in [-0.25, -0.2) is 4.39 Å². The van der Waals surface area contributed by atoms with Gasteiger partial charge in [0, 0.05) is 11.1 Å². The van der Waals surface area contributed by atoms with E-state index in [2.05, 4.69) is 12.1 Å². The Balaban J connectivity index is 1.35. The Morgan fingerprint density at radius 1 is 1.07 bits per heavy atom. The highest BCUT2D eigenvalue weighted by Crippen LogP contribution is 2.23. The summed E-state index contributed by atoms with van der Waals surface area (Å²) in [5, 5.41) is 0. The molecule has 0 spiro atoms. The van der Waals surface area contributed by atoms with E-state index in [1.54, 1.807) is 12.1 Å². The Kier molecular flexibility index (Phi) is 5.62. The number of quaternary nitrogens is 1. The van der Waals surface area contributed by atoms with E-state index in [1.165, 1.54) is 36.0 Å². The van der Waals surface area contributed by atoms with Crippen LogP contribution in [0, 0.1) is 5.82 Å². The van der Waals surface area contributed by atoms with Crippen molar-refractivity contribution < 1.29 is 18.8 Å². The molecule has 1 aliphatic heterocycles. The van der Waals surface area contributed by atoms with Crippen LogP contribution in [0.3, 0.4) is 0 Å². The number of carbonyl (C=O) groups is 1. The maximum atomic E-state index is 13.9. The number of carbonyl (C=O) groups excluding carboxylic acids is 1. The van der Waals surface area contributed by atoms with Crippen LogP contribution in [0.25, 0.3) is 0 Å². The van der Waals surface area contributed by atoms with Crippen LogP contribution in [0.15, 0.2) is 36.4 Å². The molecule has 1 aliphatic carbocycles. The summed E-state index contributed by atoms with van der Waals surface area (Å²) < 4.78 is 18.9. The normalized spacial score (nSPS) is 17.3. The molecule has 28 heavy (non-hydrogen) atoms. The lowest BCUT2D eigenvalue weighted by molar-refractivity contribution is -0.917. The van der Waals surface area contributed by atoms with Crippen molar-refractivity contribution in [2.24, 2.45) is 0 Å². The van der Waals surface area contributed by atoms with Crippen LogP contribution in [0.5, 0.6) is 5.75 Å². The van der Waals surface area contributed by atoms with Crippen molar-refractivity contribution >= 4 is 5.91 Å². The first-order valence-corrected chi connectivity index (χ1v) is 10.2. The number of ether oxygens (including phenoxy) is 1. The summed E-state index contributed by atoms with van der Waals surface area (Å²) >= 11 is 0. The number of amides is 1. The van der Waals surface area contributed by atoms with Gasteiger partial charge in [-0.15, -0.1) is 0 Å². The highest BCUT2D eigenvalue weighted by molar-refractivity contribution is 5.94. The van der Waals surface area contributed by atoms with Crippen LogP contribution in [0.1, 0.15) is 39.9 Å². The molecule has 0 aromatic heterocycles. The molecule has 5 heteroatoms. The van der Waals surface area contributed by atoms with Gasteiger partial charge in [0.15, 0.2) is 11.6 Å². The summed E-state index contributed by atoms with van der Waals surface area (Å²) in [6, 6.07) is 11.4. The number of nitrogens with zero attached hydrogens (tertiary/aromatic N) is 1. The molecule has 0 unspecified atom stereocenters. The van der Waals surface area contributed by atoms with Gasteiger partial charge in [0.1, 0.15) is 6.54 Å². The molecule has 1 fully saturated rings. The second-order valence-electron chi connectivity index (χ2n) is 7.88. The lowest BCUT2D eigenvalue weighted by atomic mass is 9.90. The maximum absolute atomic E-state index is 13.9. The van der Waals surface area contributed by atoms with Crippen molar-refractivity contribution in [1.82, 2.24) is 4.90 Å². The minimum atomic E-state index is -0.319. The first kappa shape index (κ1) is 18.9. The highest BCUT2D eigenvalue weighted by atomic mass is 19.1. The van der Waals surface area contributed by atoms with Crippen LogP contribution in [-0.2, 0) is 19.4 Å². The van der Waals surface area contributed by atoms with Crippen molar-refractivity contribution in [1.29, 1.82) is 0 Å². The average molecular weight is 383 g/mol. The number of hydrogen-bond donors (Lipinski definition) is 1. The van der Waals surface area contributed by atoms with Crippen molar-refractivity contribution in [2.45, 2.75) is 32.2 Å². The van der Waals surface area contributed by atoms with Crippen LogP contribution in [0.4, 0.5) is 4.39 Å². The summed E-state index contributed by atoms with van der Waals surface area (Å²) in [4.78, 5) is 16.3. The third-order valence-electron chi connectivity index (χ3n) is 6.02. The van der Waals surface area contributed by atoms with Gasteiger partial charge in [-0.3, -0.25) is 4.79 Å². The fraction of sp³-hybridized carbons (Fsp3) is 0.435. The van der Waals surface area contributed by atoms with E-state index >= 15 is 0 Å². The fourth-order valence-corrected chi connectivity index (χ4v) is 4.36. The van der Waals surface area contributed by atoms with Gasteiger partial charge < -0.3 is 14.5 Å². The molecule has 2 aromatic carbocycles. The molecule has 1 N–H and O–H groups in total. The zero-order chi connectivity index (χ0) is 19.5. The minimum absolute atomic E-state index is 0.142. The van der Waals surface area contributed by atoms with Crippen molar-refractivity contribution in [3.63, 3.8) is 0 Å². The molecule has 0 saturated carbocycles. The number of fused-ring (bicyclic) bond motifs is 1. The van der Waals surface area contributed by atoms with E-state index < -0.39 is 0 Å². The van der Waals surface area contributed by atoms with Gasteiger partial charge in [0.05, 0.1) is 33.3 Å². The van der Waals surface area contributed by atoms with Gasteiger partial charge in [-0.1, -0.05) is 6.07 Å². The highest BCUT2D eigenvalue weighted by Gasteiger charge is 2.25. The third-order valence-corrected chi connectivity index (χ3v) is 6.02. The van der Waals surface area contributed by atoms with Crippen LogP contribution in [0.2, 0.25) is 0 Å². The lowest BCUT2D eigenvalue weighted by Crippen LogP contribution is -3.13. The zero-order valence-electron chi connectivity index (χ0n) is 16.5. The van der Waals surface area contributed by atoms with E-state index in [0.717, 1.165) is 56.7 Å². The van der Waals surface area contributed by atoms with Crippen molar-refractivity contribution in [2.75, 3.05) is 33.3 Å². The Morgan fingerprint density at radius 2 is 1.82 bits per heavy atom. The first-order chi connectivity index (χ1) is 13.6. The molecular weight excluding hydrogens is 355 g/mol. The molecule has 1 saturated heterocycles. The van der Waals surface area contributed by atoms with E-state index in [-0.39, 0.29) is 17.5 Å². The molecule has 2 aliphatic rings. The largest absolute Gasteiger partial charge is 0.494 e. The molecule has 1 amide bonds. The number of benzene rings is 2. The lowest BCUT2D eigenvalue weighted by Gasteiger charge is -2.32. The molecule has 0 atom stereocenters. The quantitative estimate of drug-likeness (QED) is 0.879. The van der Waals surface area contributed by atoms with Gasteiger partial charge in [0.2, 0.25) is 0 Å². The predicted octanol–water partition coefficient (Wildman–Crippen LogP) is 2.25. The predicted molar refractivity (Wildman–Crippen MR) is 106 cm³/mol. The Morgan fingerprint density at radius 3 is 2.54 bits per heavy atom. The average Bonchev–Trinajstić information content (AvgIpc) is 2.73. The Bertz CT molecular complexity index is 860. The second kappa shape index (κ2) is 8.31. The number of hydrogen-bond acceptors (Lipinski definition) is 2.